The van der Waals surface area contributed by atoms with E-state index in [1.165, 1.54) is 27.5 Å². The monoisotopic (exact) mass is 333 g/mol. The van der Waals surface area contributed by atoms with Crippen molar-refractivity contribution in [3.05, 3.63) is 77.4 Å². The van der Waals surface area contributed by atoms with Crippen LogP contribution in [0.1, 0.15) is 37.5 Å². The molecule has 130 valence electrons. The van der Waals surface area contributed by atoms with Gasteiger partial charge in [-0.05, 0) is 50.1 Å². The van der Waals surface area contributed by atoms with Crippen LogP contribution in [0.2, 0.25) is 0 Å². The van der Waals surface area contributed by atoms with Crippen LogP contribution in [-0.2, 0) is 13.2 Å². The molecule has 3 aromatic carbocycles. The fourth-order valence-electron chi connectivity index (χ4n) is 2.83. The summed E-state index contributed by atoms with van der Waals surface area (Å²) in [5.41, 5.74) is 3.74. The number of aryl methyl sites for hydroxylation is 1. The predicted molar refractivity (Wildman–Crippen MR) is 106 cm³/mol. The van der Waals surface area contributed by atoms with Gasteiger partial charge in [-0.2, -0.15) is 0 Å². The Morgan fingerprint density at radius 2 is 1.60 bits per heavy atom. The highest BCUT2D eigenvalue weighted by molar-refractivity contribution is 5.87. The third-order valence-electron chi connectivity index (χ3n) is 4.31. The van der Waals surface area contributed by atoms with E-state index in [2.05, 4.69) is 93.7 Å². The van der Waals surface area contributed by atoms with Crippen LogP contribution in [-0.4, -0.2) is 5.54 Å². The molecule has 3 rings (SSSR count). The first-order valence-corrected chi connectivity index (χ1v) is 8.86. The first-order valence-electron chi connectivity index (χ1n) is 8.86. The summed E-state index contributed by atoms with van der Waals surface area (Å²) in [5, 5.41) is 6.09. The Balaban J connectivity index is 1.88. The second-order valence-corrected chi connectivity index (χ2v) is 7.64. The zero-order chi connectivity index (χ0) is 17.9. The van der Waals surface area contributed by atoms with Crippen molar-refractivity contribution in [1.82, 2.24) is 5.32 Å². The van der Waals surface area contributed by atoms with E-state index in [4.69, 9.17) is 4.74 Å². The number of fused-ring (bicyclic) bond motifs is 1. The maximum absolute atomic E-state index is 6.20. The topological polar surface area (TPSA) is 21.3 Å². The lowest BCUT2D eigenvalue weighted by Gasteiger charge is -2.22. The average molecular weight is 333 g/mol. The molecule has 0 aromatic heterocycles. The Hall–Kier alpha value is -2.32. The van der Waals surface area contributed by atoms with E-state index in [-0.39, 0.29) is 5.54 Å². The third kappa shape index (κ3) is 4.61. The number of hydrogen-bond acceptors (Lipinski definition) is 2. The van der Waals surface area contributed by atoms with Crippen LogP contribution in [0.15, 0.2) is 60.7 Å². The molecular formula is C23H27NO. The Morgan fingerprint density at radius 1 is 0.880 bits per heavy atom. The Morgan fingerprint density at radius 3 is 2.32 bits per heavy atom. The zero-order valence-electron chi connectivity index (χ0n) is 15.6. The van der Waals surface area contributed by atoms with Crippen LogP contribution < -0.4 is 10.1 Å². The molecule has 0 spiro atoms. The van der Waals surface area contributed by atoms with Gasteiger partial charge in [0.05, 0.1) is 0 Å². The van der Waals surface area contributed by atoms with Gasteiger partial charge in [-0.3, -0.25) is 0 Å². The highest BCUT2D eigenvalue weighted by atomic mass is 16.5. The van der Waals surface area contributed by atoms with Gasteiger partial charge in [-0.15, -0.1) is 0 Å². The zero-order valence-corrected chi connectivity index (χ0v) is 15.6. The van der Waals surface area contributed by atoms with Gasteiger partial charge in [0.25, 0.3) is 0 Å². The molecule has 0 aliphatic carbocycles. The molecule has 2 nitrogen and oxygen atoms in total. The molecule has 0 unspecified atom stereocenters. The first-order chi connectivity index (χ1) is 11.9. The van der Waals surface area contributed by atoms with Gasteiger partial charge in [0.15, 0.2) is 0 Å². The summed E-state index contributed by atoms with van der Waals surface area (Å²) in [7, 11) is 0. The maximum Gasteiger partial charge on any atom is 0.124 e. The van der Waals surface area contributed by atoms with Crippen molar-refractivity contribution in [3.8, 4) is 5.75 Å². The summed E-state index contributed by atoms with van der Waals surface area (Å²) in [4.78, 5) is 0. The number of rotatable bonds is 5. The predicted octanol–water partition coefficient (Wildman–Crippen LogP) is 5.62. The molecule has 0 amide bonds. The molecule has 0 fully saturated rings. The molecular weight excluding hydrogens is 306 g/mol. The van der Waals surface area contributed by atoms with Crippen molar-refractivity contribution in [3.63, 3.8) is 0 Å². The molecule has 0 bridgehead atoms. The summed E-state index contributed by atoms with van der Waals surface area (Å²) in [5.74, 6) is 0.955. The number of ether oxygens (including phenoxy) is 1. The molecule has 0 saturated heterocycles. The Kier molecular flexibility index (Phi) is 5.10. The molecule has 0 aliphatic rings. The van der Waals surface area contributed by atoms with Gasteiger partial charge >= 0.3 is 0 Å². The van der Waals surface area contributed by atoms with Crippen molar-refractivity contribution >= 4 is 10.8 Å². The molecule has 25 heavy (non-hydrogen) atoms. The van der Waals surface area contributed by atoms with Crippen molar-refractivity contribution in [1.29, 1.82) is 0 Å². The number of benzene rings is 3. The smallest absolute Gasteiger partial charge is 0.124 e. The molecule has 1 N–H and O–H groups in total. The van der Waals surface area contributed by atoms with Crippen LogP contribution in [0.25, 0.3) is 10.8 Å². The van der Waals surface area contributed by atoms with Gasteiger partial charge in [0.2, 0.25) is 0 Å². The second kappa shape index (κ2) is 7.28. The first kappa shape index (κ1) is 17.5. The fraction of sp³-hybridized carbons (Fsp3) is 0.304. The van der Waals surface area contributed by atoms with Gasteiger partial charge in [0, 0.05) is 17.6 Å². The van der Waals surface area contributed by atoms with Crippen LogP contribution in [0.3, 0.4) is 0 Å². The molecule has 0 aliphatic heterocycles. The van der Waals surface area contributed by atoms with E-state index >= 15 is 0 Å². The van der Waals surface area contributed by atoms with Crippen molar-refractivity contribution in [2.45, 2.75) is 46.4 Å². The van der Waals surface area contributed by atoms with Crippen molar-refractivity contribution in [2.24, 2.45) is 0 Å². The highest BCUT2D eigenvalue weighted by Crippen LogP contribution is 2.29. The number of nitrogens with one attached hydrogen (secondary N) is 1. The van der Waals surface area contributed by atoms with Crippen molar-refractivity contribution in [2.75, 3.05) is 0 Å². The normalized spacial score (nSPS) is 11.7. The Bertz CT molecular complexity index is 844. The van der Waals surface area contributed by atoms with E-state index in [1.54, 1.807) is 0 Å². The quantitative estimate of drug-likeness (QED) is 0.655. The molecule has 2 heteroatoms. The molecule has 0 atom stereocenters. The fourth-order valence-corrected chi connectivity index (χ4v) is 2.83. The summed E-state index contributed by atoms with van der Waals surface area (Å²) in [6.45, 7) is 10.0. The minimum Gasteiger partial charge on any atom is -0.489 e. The summed E-state index contributed by atoms with van der Waals surface area (Å²) in [6.07, 6.45) is 0. The van der Waals surface area contributed by atoms with Gasteiger partial charge in [-0.1, -0.05) is 60.2 Å². The molecule has 3 aromatic rings. The van der Waals surface area contributed by atoms with Crippen LogP contribution in [0, 0.1) is 6.92 Å². The van der Waals surface area contributed by atoms with Crippen LogP contribution in [0.5, 0.6) is 5.75 Å². The van der Waals surface area contributed by atoms with Crippen molar-refractivity contribution < 1.29 is 4.74 Å². The van der Waals surface area contributed by atoms with Crippen LogP contribution in [0.4, 0.5) is 0 Å². The maximum atomic E-state index is 6.20. The largest absolute Gasteiger partial charge is 0.489 e. The lowest BCUT2D eigenvalue weighted by molar-refractivity contribution is 0.301. The van der Waals surface area contributed by atoms with Gasteiger partial charge < -0.3 is 10.1 Å². The summed E-state index contributed by atoms with van der Waals surface area (Å²) in [6, 6.07) is 21.2. The lowest BCUT2D eigenvalue weighted by atomic mass is 10.0. The van der Waals surface area contributed by atoms with E-state index < -0.39 is 0 Å². The second-order valence-electron chi connectivity index (χ2n) is 7.64. The van der Waals surface area contributed by atoms with Gasteiger partial charge in [0.1, 0.15) is 12.4 Å². The third-order valence-corrected chi connectivity index (χ3v) is 4.31. The summed E-state index contributed by atoms with van der Waals surface area (Å²) >= 11 is 0. The molecule has 0 heterocycles. The summed E-state index contributed by atoms with van der Waals surface area (Å²) < 4.78 is 6.20. The van der Waals surface area contributed by atoms with Gasteiger partial charge in [-0.25, -0.2) is 0 Å². The minimum atomic E-state index is 0.0607. The van der Waals surface area contributed by atoms with Crippen LogP contribution >= 0.6 is 0 Å². The molecule has 0 radical (unpaired) electrons. The lowest BCUT2D eigenvalue weighted by Crippen LogP contribution is -2.35. The minimum absolute atomic E-state index is 0.0607. The average Bonchev–Trinajstić information content (AvgIpc) is 2.59. The van der Waals surface area contributed by atoms with E-state index in [0.717, 1.165) is 12.3 Å². The standard InChI is InChI=1S/C23H27NO/c1-17-9-11-18(12-10-17)16-25-22-14-13-19-7-5-6-8-20(19)21(22)15-24-23(2,3)4/h5-14,24H,15-16H2,1-4H3. The van der Waals surface area contributed by atoms with E-state index in [9.17, 15) is 0 Å². The SMILES string of the molecule is Cc1ccc(COc2ccc3ccccc3c2CNC(C)(C)C)cc1. The highest BCUT2D eigenvalue weighted by Gasteiger charge is 2.14. The molecule has 0 saturated carbocycles. The van der Waals surface area contributed by atoms with E-state index in [1.807, 2.05) is 0 Å². The number of hydrogen-bond donors (Lipinski definition) is 1. The Labute approximate surface area is 150 Å². The van der Waals surface area contributed by atoms with E-state index in [0.29, 0.717) is 6.61 Å².